The van der Waals surface area contributed by atoms with Crippen molar-refractivity contribution in [1.82, 2.24) is 0 Å². The first kappa shape index (κ1) is 18.4. The Morgan fingerprint density at radius 1 is 1.53 bits per heavy atom. The van der Waals surface area contributed by atoms with Gasteiger partial charge in [-0.3, -0.25) is 4.21 Å². The van der Waals surface area contributed by atoms with Gasteiger partial charge in [0.1, 0.15) is 11.5 Å². The summed E-state index contributed by atoms with van der Waals surface area (Å²) in [5, 5.41) is 7.43. The van der Waals surface area contributed by atoms with Crippen molar-refractivity contribution in [1.29, 1.82) is 0 Å². The molecule has 0 fully saturated rings. The van der Waals surface area contributed by atoms with Gasteiger partial charge in [0.15, 0.2) is 0 Å². The van der Waals surface area contributed by atoms with Gasteiger partial charge in [-0.05, 0) is 23.6 Å². The molecule has 3 N–H and O–H groups in total. The number of nitrogens with two attached hydrogens (primary N) is 1. The standard InChI is InChI=1S/C11H16N4O2S.Y/c1-7(2)9-4-5-10(14-13-8(3)12)11(6-9)15-18(16)17;/h4-7,15H,3,12H2,1-2H3,(H,16,17);/q;+3/p-1. The van der Waals surface area contributed by atoms with Crippen LogP contribution in [0.4, 0.5) is 11.4 Å². The molecule has 0 amide bonds. The van der Waals surface area contributed by atoms with Gasteiger partial charge in [-0.15, -0.1) is 10.2 Å². The van der Waals surface area contributed by atoms with Crippen molar-refractivity contribution in [2.75, 3.05) is 4.72 Å². The maximum Gasteiger partial charge on any atom is 3.00 e. The van der Waals surface area contributed by atoms with Crippen LogP contribution in [0.5, 0.6) is 0 Å². The molecule has 0 radical (unpaired) electrons. The summed E-state index contributed by atoms with van der Waals surface area (Å²) in [7, 11) is 0. The Labute approximate surface area is 140 Å². The van der Waals surface area contributed by atoms with Gasteiger partial charge in [0.2, 0.25) is 0 Å². The first-order chi connectivity index (χ1) is 8.40. The second-order valence-electron chi connectivity index (χ2n) is 3.96. The minimum Gasteiger partial charge on any atom is -0.755 e. The minimum absolute atomic E-state index is 0. The van der Waals surface area contributed by atoms with Crippen LogP contribution in [-0.2, 0) is 44.0 Å². The van der Waals surface area contributed by atoms with Gasteiger partial charge in [-0.25, -0.2) is 0 Å². The number of rotatable bonds is 5. The van der Waals surface area contributed by atoms with E-state index in [1.807, 2.05) is 19.9 Å². The van der Waals surface area contributed by atoms with Crippen LogP contribution in [0.15, 0.2) is 40.8 Å². The van der Waals surface area contributed by atoms with E-state index in [1.165, 1.54) is 0 Å². The van der Waals surface area contributed by atoms with Crippen molar-refractivity contribution in [3.05, 3.63) is 36.2 Å². The van der Waals surface area contributed by atoms with Gasteiger partial charge in [-0.2, -0.15) is 0 Å². The first-order valence-electron chi connectivity index (χ1n) is 5.26. The first-order valence-corrected chi connectivity index (χ1v) is 6.33. The van der Waals surface area contributed by atoms with Gasteiger partial charge in [0, 0.05) is 11.3 Å². The third-order valence-corrected chi connectivity index (χ3v) is 2.55. The summed E-state index contributed by atoms with van der Waals surface area (Å²) in [6, 6.07) is 5.25. The molecular formula is C11H15N4O2SY+2. The van der Waals surface area contributed by atoms with Crippen molar-refractivity contribution in [2.45, 2.75) is 19.8 Å². The molecule has 0 saturated carbocycles. The molecule has 8 heteroatoms. The Morgan fingerprint density at radius 2 is 2.16 bits per heavy atom. The number of hydrogen-bond donors (Lipinski definition) is 2. The van der Waals surface area contributed by atoms with Crippen molar-refractivity contribution in [2.24, 2.45) is 16.0 Å². The van der Waals surface area contributed by atoms with Crippen LogP contribution in [0.1, 0.15) is 25.3 Å². The molecule has 0 heterocycles. The van der Waals surface area contributed by atoms with Crippen LogP contribution in [0, 0.1) is 0 Å². The molecule has 0 bridgehead atoms. The summed E-state index contributed by atoms with van der Waals surface area (Å²) in [5.74, 6) is 0.332. The fourth-order valence-electron chi connectivity index (χ4n) is 1.29. The molecule has 19 heavy (non-hydrogen) atoms. The van der Waals surface area contributed by atoms with Gasteiger partial charge in [-0.1, -0.05) is 26.5 Å². The number of hydrogen-bond acceptors (Lipinski definition) is 5. The normalized spacial score (nSPS) is 12.2. The Balaban J connectivity index is 0.00000324. The number of nitrogens with zero attached hydrogens (tertiary/aromatic N) is 2. The molecule has 0 aliphatic rings. The van der Waals surface area contributed by atoms with Gasteiger partial charge >= 0.3 is 32.7 Å². The van der Waals surface area contributed by atoms with Gasteiger partial charge in [0.05, 0.1) is 5.69 Å². The number of azo groups is 1. The molecule has 0 saturated heterocycles. The Morgan fingerprint density at radius 3 is 2.63 bits per heavy atom. The monoisotopic (exact) mass is 356 g/mol. The summed E-state index contributed by atoms with van der Waals surface area (Å²) in [6.45, 7) is 7.40. The van der Waals surface area contributed by atoms with E-state index in [0.717, 1.165) is 5.56 Å². The van der Waals surface area contributed by atoms with Crippen molar-refractivity contribution in [3.8, 4) is 0 Å². The molecule has 0 spiro atoms. The Bertz CT molecular complexity index is 505. The molecule has 1 unspecified atom stereocenters. The topological polar surface area (TPSA) is 103 Å². The van der Waals surface area contributed by atoms with E-state index in [4.69, 9.17) is 5.73 Å². The second-order valence-corrected chi connectivity index (χ2v) is 4.63. The maximum absolute atomic E-state index is 10.7. The smallest absolute Gasteiger partial charge is 0.755 e. The van der Waals surface area contributed by atoms with E-state index < -0.39 is 11.3 Å². The molecule has 1 aromatic rings. The third-order valence-electron chi connectivity index (χ3n) is 2.17. The van der Waals surface area contributed by atoms with Crippen LogP contribution in [0.3, 0.4) is 0 Å². The summed E-state index contributed by atoms with van der Waals surface area (Å²) in [5.41, 5.74) is 7.01. The molecule has 0 aromatic heterocycles. The van der Waals surface area contributed by atoms with Crippen LogP contribution >= 0.6 is 0 Å². The van der Waals surface area contributed by atoms with Crippen molar-refractivity contribution in [3.63, 3.8) is 0 Å². The van der Waals surface area contributed by atoms with Gasteiger partial charge < -0.3 is 15.0 Å². The SMILES string of the molecule is C=C(N)N=Nc1ccc(C(C)C)cc1NS(=O)[O-].[Y+3]. The molecule has 1 aromatic carbocycles. The van der Waals surface area contributed by atoms with E-state index in [1.54, 1.807) is 12.1 Å². The minimum atomic E-state index is -2.42. The summed E-state index contributed by atoms with van der Waals surface area (Å²) < 4.78 is 23.7. The zero-order chi connectivity index (χ0) is 13.7. The molecule has 1 atom stereocenters. The van der Waals surface area contributed by atoms with Gasteiger partial charge in [0.25, 0.3) is 0 Å². The number of benzene rings is 1. The largest absolute Gasteiger partial charge is 3.00 e. The predicted octanol–water partition coefficient (Wildman–Crippen LogP) is 2.53. The van der Waals surface area contributed by atoms with E-state index in [0.29, 0.717) is 11.4 Å². The summed E-state index contributed by atoms with van der Waals surface area (Å²) in [4.78, 5) is 0. The molecule has 1 rings (SSSR count). The van der Waals surface area contributed by atoms with Crippen LogP contribution in [0.2, 0.25) is 0 Å². The van der Waals surface area contributed by atoms with Crippen molar-refractivity contribution >= 4 is 22.6 Å². The fraction of sp³-hybridized carbons (Fsp3) is 0.273. The molecule has 0 aliphatic carbocycles. The second kappa shape index (κ2) is 8.53. The number of nitrogens with one attached hydrogen (secondary N) is 1. The van der Waals surface area contributed by atoms with Crippen LogP contribution < -0.4 is 10.5 Å². The van der Waals surface area contributed by atoms with E-state index in [2.05, 4.69) is 21.5 Å². The Hall–Kier alpha value is -0.626. The van der Waals surface area contributed by atoms with E-state index in [-0.39, 0.29) is 44.4 Å². The summed E-state index contributed by atoms with van der Waals surface area (Å²) in [6.07, 6.45) is 0. The molecule has 6 nitrogen and oxygen atoms in total. The van der Waals surface area contributed by atoms with E-state index >= 15 is 0 Å². The predicted molar refractivity (Wildman–Crippen MR) is 70.9 cm³/mol. The maximum atomic E-state index is 10.7. The Kier molecular flexibility index (Phi) is 8.24. The fourth-order valence-corrected chi connectivity index (χ4v) is 1.63. The summed E-state index contributed by atoms with van der Waals surface area (Å²) >= 11 is -2.42. The van der Waals surface area contributed by atoms with E-state index in [9.17, 15) is 8.76 Å². The quantitative estimate of drug-likeness (QED) is 0.626. The van der Waals surface area contributed by atoms with Crippen LogP contribution in [0.25, 0.3) is 0 Å². The third kappa shape index (κ3) is 6.38. The average molecular weight is 356 g/mol. The molecule has 0 aliphatic heterocycles. The molecular weight excluding hydrogens is 341 g/mol. The zero-order valence-electron chi connectivity index (χ0n) is 10.8. The molecule has 98 valence electrons. The van der Waals surface area contributed by atoms with Crippen LogP contribution in [-0.4, -0.2) is 8.76 Å². The average Bonchev–Trinajstić information content (AvgIpc) is 2.26. The number of anilines is 1. The zero-order valence-corrected chi connectivity index (χ0v) is 14.4. The van der Waals surface area contributed by atoms with Crippen molar-refractivity contribution < 1.29 is 41.5 Å².